The average molecular weight is 390 g/mol. The smallest absolute Gasteiger partial charge is 0.215 e. The predicted molar refractivity (Wildman–Crippen MR) is 107 cm³/mol. The number of benzene rings is 2. The molecule has 1 aliphatic heterocycles. The zero-order valence-corrected chi connectivity index (χ0v) is 16.7. The van der Waals surface area contributed by atoms with Crippen molar-refractivity contribution in [2.24, 2.45) is 0 Å². The van der Waals surface area contributed by atoms with Crippen molar-refractivity contribution in [1.82, 2.24) is 4.72 Å². The van der Waals surface area contributed by atoms with Crippen LogP contribution >= 0.6 is 0 Å². The van der Waals surface area contributed by atoms with Crippen molar-refractivity contribution in [2.75, 3.05) is 26.9 Å². The van der Waals surface area contributed by atoms with Gasteiger partial charge < -0.3 is 9.47 Å². The highest BCUT2D eigenvalue weighted by atomic mass is 32.2. The van der Waals surface area contributed by atoms with Gasteiger partial charge in [-0.15, -0.1) is 0 Å². The molecule has 1 N–H and O–H groups in total. The number of rotatable bonds is 7. The van der Waals surface area contributed by atoms with Crippen LogP contribution in [-0.4, -0.2) is 35.3 Å². The van der Waals surface area contributed by atoms with Crippen LogP contribution in [-0.2, 0) is 25.9 Å². The molecule has 1 fully saturated rings. The Kier molecular flexibility index (Phi) is 6.19. The zero-order valence-electron chi connectivity index (χ0n) is 15.9. The molecule has 0 radical (unpaired) electrons. The maximum Gasteiger partial charge on any atom is 0.215 e. The van der Waals surface area contributed by atoms with E-state index in [2.05, 4.69) is 4.72 Å². The third-order valence-electron chi connectivity index (χ3n) is 5.24. The molecule has 146 valence electrons. The summed E-state index contributed by atoms with van der Waals surface area (Å²) >= 11 is 0. The van der Waals surface area contributed by atoms with Crippen LogP contribution in [0.5, 0.6) is 5.75 Å². The van der Waals surface area contributed by atoms with Gasteiger partial charge in [0.05, 0.1) is 12.9 Å². The molecule has 0 aromatic heterocycles. The van der Waals surface area contributed by atoms with Crippen molar-refractivity contribution in [3.05, 3.63) is 65.2 Å². The molecule has 0 amide bonds. The molecular weight excluding hydrogens is 362 g/mol. The molecule has 1 heterocycles. The van der Waals surface area contributed by atoms with Gasteiger partial charge in [0.1, 0.15) is 5.75 Å². The van der Waals surface area contributed by atoms with Crippen LogP contribution in [0.1, 0.15) is 29.5 Å². The highest BCUT2D eigenvalue weighted by Gasteiger charge is 2.37. The lowest BCUT2D eigenvalue weighted by Gasteiger charge is -2.38. The van der Waals surface area contributed by atoms with E-state index in [1.807, 2.05) is 55.5 Å². The predicted octanol–water partition coefficient (Wildman–Crippen LogP) is 3.17. The molecule has 3 rings (SSSR count). The Morgan fingerprint density at radius 2 is 1.74 bits per heavy atom. The fraction of sp³-hybridized carbons (Fsp3) is 0.429. The van der Waals surface area contributed by atoms with Gasteiger partial charge in [-0.3, -0.25) is 0 Å². The van der Waals surface area contributed by atoms with Gasteiger partial charge in [-0.1, -0.05) is 48.0 Å². The molecule has 5 nitrogen and oxygen atoms in total. The van der Waals surface area contributed by atoms with E-state index in [-0.39, 0.29) is 11.2 Å². The fourth-order valence-corrected chi connectivity index (χ4v) is 4.82. The third-order valence-corrected chi connectivity index (χ3v) is 6.53. The Balaban J connectivity index is 1.79. The second-order valence-corrected chi connectivity index (χ2v) is 8.97. The Labute approximate surface area is 161 Å². The Morgan fingerprint density at radius 1 is 1.07 bits per heavy atom. The molecule has 2 aromatic rings. The van der Waals surface area contributed by atoms with Gasteiger partial charge in [-0.05, 0) is 31.4 Å². The number of ether oxygens (including phenoxy) is 2. The summed E-state index contributed by atoms with van der Waals surface area (Å²) in [6.07, 6.45) is 1.50. The molecule has 1 saturated heterocycles. The van der Waals surface area contributed by atoms with E-state index in [0.29, 0.717) is 19.8 Å². The van der Waals surface area contributed by atoms with Crippen LogP contribution < -0.4 is 9.46 Å². The molecule has 2 aromatic carbocycles. The van der Waals surface area contributed by atoms with Gasteiger partial charge in [0.2, 0.25) is 10.0 Å². The van der Waals surface area contributed by atoms with Crippen LogP contribution in [0.4, 0.5) is 0 Å². The fourth-order valence-electron chi connectivity index (χ4n) is 3.59. The third kappa shape index (κ3) is 4.89. The average Bonchev–Trinajstić information content (AvgIpc) is 2.69. The quantitative estimate of drug-likeness (QED) is 0.790. The van der Waals surface area contributed by atoms with Crippen molar-refractivity contribution >= 4 is 10.0 Å². The summed E-state index contributed by atoms with van der Waals surface area (Å²) in [5.74, 6) is 0.767. The first kappa shape index (κ1) is 19.9. The summed E-state index contributed by atoms with van der Waals surface area (Å²) < 4.78 is 39.3. The molecular formula is C21H27NO4S. The van der Waals surface area contributed by atoms with Crippen LogP contribution in [0.3, 0.4) is 0 Å². The summed E-state index contributed by atoms with van der Waals surface area (Å²) in [4.78, 5) is 0. The lowest BCUT2D eigenvalue weighted by atomic mass is 9.74. The number of methoxy groups -OCH3 is 1. The monoisotopic (exact) mass is 389 g/mol. The standard InChI is InChI=1S/C21H27NO4S/c1-17-7-9-18(10-8-17)15-27(23,24)22-16-21(11-13-26-14-12-21)19-5-3-4-6-20(19)25-2/h3-10,22H,11-16H2,1-2H3. The van der Waals surface area contributed by atoms with Crippen LogP contribution in [0.2, 0.25) is 0 Å². The number of aryl methyl sites for hydroxylation is 1. The second kappa shape index (κ2) is 8.42. The minimum absolute atomic E-state index is 0.0220. The SMILES string of the molecule is COc1ccccc1C1(CNS(=O)(=O)Cc2ccc(C)cc2)CCOCC1. The largest absolute Gasteiger partial charge is 0.496 e. The summed E-state index contributed by atoms with van der Waals surface area (Å²) in [5.41, 5.74) is 2.60. The number of sulfonamides is 1. The first-order chi connectivity index (χ1) is 12.9. The molecule has 0 bridgehead atoms. The molecule has 0 spiro atoms. The van der Waals surface area contributed by atoms with Crippen LogP contribution in [0.25, 0.3) is 0 Å². The van der Waals surface area contributed by atoms with Gasteiger partial charge in [-0.2, -0.15) is 0 Å². The van der Waals surface area contributed by atoms with Gasteiger partial charge in [0.25, 0.3) is 0 Å². The summed E-state index contributed by atoms with van der Waals surface area (Å²) in [6, 6.07) is 15.4. The molecule has 1 aliphatic rings. The number of nitrogens with one attached hydrogen (secondary N) is 1. The van der Waals surface area contributed by atoms with Crippen molar-refractivity contribution in [2.45, 2.75) is 30.9 Å². The Hall–Kier alpha value is -1.89. The van der Waals surface area contributed by atoms with E-state index in [1.165, 1.54) is 0 Å². The highest BCUT2D eigenvalue weighted by Crippen LogP contribution is 2.39. The summed E-state index contributed by atoms with van der Waals surface area (Å²) in [7, 11) is -1.80. The summed E-state index contributed by atoms with van der Waals surface area (Å²) in [5, 5.41) is 0. The van der Waals surface area contributed by atoms with E-state index >= 15 is 0 Å². The molecule has 27 heavy (non-hydrogen) atoms. The van der Waals surface area contributed by atoms with Crippen molar-refractivity contribution < 1.29 is 17.9 Å². The molecule has 0 atom stereocenters. The maximum absolute atomic E-state index is 12.7. The number of hydrogen-bond acceptors (Lipinski definition) is 4. The van der Waals surface area contributed by atoms with Gasteiger partial charge in [0, 0.05) is 30.7 Å². The first-order valence-corrected chi connectivity index (χ1v) is 10.8. The first-order valence-electron chi connectivity index (χ1n) is 9.18. The lowest BCUT2D eigenvalue weighted by Crippen LogP contribution is -2.45. The number of para-hydroxylation sites is 1. The van der Waals surface area contributed by atoms with Crippen molar-refractivity contribution in [3.8, 4) is 5.75 Å². The van der Waals surface area contributed by atoms with E-state index in [9.17, 15) is 8.42 Å². The van der Waals surface area contributed by atoms with E-state index in [1.54, 1.807) is 7.11 Å². The van der Waals surface area contributed by atoms with Crippen molar-refractivity contribution in [1.29, 1.82) is 0 Å². The highest BCUT2D eigenvalue weighted by molar-refractivity contribution is 7.88. The minimum Gasteiger partial charge on any atom is -0.496 e. The van der Waals surface area contributed by atoms with Crippen molar-refractivity contribution in [3.63, 3.8) is 0 Å². The van der Waals surface area contributed by atoms with E-state index in [4.69, 9.17) is 9.47 Å². The second-order valence-electron chi connectivity index (χ2n) is 7.16. The molecule has 6 heteroatoms. The molecule has 0 unspecified atom stereocenters. The van der Waals surface area contributed by atoms with Gasteiger partial charge in [-0.25, -0.2) is 13.1 Å². The van der Waals surface area contributed by atoms with Crippen LogP contribution in [0, 0.1) is 6.92 Å². The topological polar surface area (TPSA) is 64.6 Å². The number of hydrogen-bond donors (Lipinski definition) is 1. The van der Waals surface area contributed by atoms with Crippen LogP contribution in [0.15, 0.2) is 48.5 Å². The normalized spacial score (nSPS) is 16.8. The van der Waals surface area contributed by atoms with Gasteiger partial charge >= 0.3 is 0 Å². The van der Waals surface area contributed by atoms with E-state index in [0.717, 1.165) is 35.3 Å². The van der Waals surface area contributed by atoms with Gasteiger partial charge in [0.15, 0.2) is 0 Å². The minimum atomic E-state index is -3.44. The lowest BCUT2D eigenvalue weighted by molar-refractivity contribution is 0.0509. The molecule has 0 aliphatic carbocycles. The summed E-state index contributed by atoms with van der Waals surface area (Å²) in [6.45, 7) is 3.54. The molecule has 0 saturated carbocycles. The zero-order chi connectivity index (χ0) is 19.3. The Bertz CT molecular complexity index is 856. The Morgan fingerprint density at radius 3 is 2.41 bits per heavy atom. The maximum atomic E-state index is 12.7. The van der Waals surface area contributed by atoms with E-state index < -0.39 is 10.0 Å².